The van der Waals surface area contributed by atoms with Crippen LogP contribution in [0.25, 0.3) is 11.3 Å². The molecular weight excluding hydrogens is 322 g/mol. The highest BCUT2D eigenvalue weighted by Crippen LogP contribution is 2.23. The minimum Gasteiger partial charge on any atom is -0.350 e. The first-order chi connectivity index (χ1) is 12.5. The molecule has 4 heteroatoms. The Kier molecular flexibility index (Phi) is 5.52. The van der Waals surface area contributed by atoms with E-state index in [0.717, 1.165) is 22.4 Å². The molecule has 3 aromatic rings. The van der Waals surface area contributed by atoms with Gasteiger partial charge in [-0.2, -0.15) is 5.10 Å². The summed E-state index contributed by atoms with van der Waals surface area (Å²) >= 11 is 0. The molecule has 1 N–H and O–H groups in total. The number of carbonyl (C=O) groups is 1. The number of nitrogens with zero attached hydrogens (tertiary/aromatic N) is 2. The Hall–Kier alpha value is -2.88. The molecule has 0 saturated carbocycles. The first-order valence-electron chi connectivity index (χ1n) is 8.97. The molecule has 0 aliphatic heterocycles. The molecule has 0 spiro atoms. The van der Waals surface area contributed by atoms with E-state index in [0.29, 0.717) is 12.8 Å². The normalized spacial score (nSPS) is 12.0. The molecule has 1 amide bonds. The molecule has 0 aliphatic carbocycles. The second-order valence-electron chi connectivity index (χ2n) is 6.74. The monoisotopic (exact) mass is 347 g/mol. The zero-order chi connectivity index (χ0) is 18.5. The Morgan fingerprint density at radius 2 is 1.81 bits per heavy atom. The molecule has 1 heterocycles. The highest BCUT2D eigenvalue weighted by atomic mass is 16.1. The Morgan fingerprint density at radius 3 is 2.50 bits per heavy atom. The number of aromatic nitrogens is 2. The van der Waals surface area contributed by atoms with Gasteiger partial charge in [0.15, 0.2) is 0 Å². The van der Waals surface area contributed by atoms with E-state index in [-0.39, 0.29) is 11.9 Å². The predicted molar refractivity (Wildman–Crippen MR) is 105 cm³/mol. The standard InChI is InChI=1S/C22H25N3O/c1-16-9-11-19(12-10-16)22-20(15-25(3)24-22)13-14-21(26)23-17(2)18-7-5-4-6-8-18/h4-12,15,17H,13-14H2,1-3H3,(H,23,26)/t17-/m0/s1. The average Bonchev–Trinajstić information content (AvgIpc) is 3.02. The lowest BCUT2D eigenvalue weighted by molar-refractivity contribution is -0.121. The van der Waals surface area contributed by atoms with Crippen molar-refractivity contribution in [1.82, 2.24) is 15.1 Å². The number of rotatable bonds is 6. The third kappa shape index (κ3) is 4.39. The van der Waals surface area contributed by atoms with Crippen LogP contribution >= 0.6 is 0 Å². The molecule has 1 atom stereocenters. The van der Waals surface area contributed by atoms with Gasteiger partial charge < -0.3 is 5.32 Å². The van der Waals surface area contributed by atoms with Crippen LogP contribution in [0, 0.1) is 6.92 Å². The van der Waals surface area contributed by atoms with Gasteiger partial charge in [-0.05, 0) is 31.4 Å². The van der Waals surface area contributed by atoms with E-state index in [1.165, 1.54) is 5.56 Å². The summed E-state index contributed by atoms with van der Waals surface area (Å²) in [5.74, 6) is 0.0556. The Morgan fingerprint density at radius 1 is 1.12 bits per heavy atom. The van der Waals surface area contributed by atoms with E-state index >= 15 is 0 Å². The third-order valence-corrected chi connectivity index (χ3v) is 4.53. The number of hydrogen-bond acceptors (Lipinski definition) is 2. The number of benzene rings is 2. The number of aryl methyl sites for hydroxylation is 3. The van der Waals surface area contributed by atoms with Gasteiger partial charge in [0.1, 0.15) is 0 Å². The van der Waals surface area contributed by atoms with Gasteiger partial charge in [-0.15, -0.1) is 0 Å². The van der Waals surface area contributed by atoms with Crippen LogP contribution in [0.2, 0.25) is 0 Å². The molecule has 2 aromatic carbocycles. The fourth-order valence-corrected chi connectivity index (χ4v) is 3.06. The third-order valence-electron chi connectivity index (χ3n) is 4.53. The van der Waals surface area contributed by atoms with Crippen LogP contribution in [0.5, 0.6) is 0 Å². The van der Waals surface area contributed by atoms with Crippen LogP contribution in [0.15, 0.2) is 60.8 Å². The van der Waals surface area contributed by atoms with Crippen LogP contribution < -0.4 is 5.32 Å². The Labute approximate surface area is 154 Å². The number of amides is 1. The Balaban J connectivity index is 1.64. The number of carbonyl (C=O) groups excluding carboxylic acids is 1. The van der Waals surface area contributed by atoms with E-state index in [9.17, 15) is 4.79 Å². The van der Waals surface area contributed by atoms with Crippen molar-refractivity contribution in [1.29, 1.82) is 0 Å². The number of nitrogens with one attached hydrogen (secondary N) is 1. The van der Waals surface area contributed by atoms with Gasteiger partial charge in [0.05, 0.1) is 11.7 Å². The summed E-state index contributed by atoms with van der Waals surface area (Å²) in [5, 5.41) is 7.66. The quantitative estimate of drug-likeness (QED) is 0.726. The van der Waals surface area contributed by atoms with Crippen LogP contribution in [0.3, 0.4) is 0 Å². The topological polar surface area (TPSA) is 46.9 Å². The largest absolute Gasteiger partial charge is 0.350 e. The second kappa shape index (κ2) is 8.00. The van der Waals surface area contributed by atoms with Crippen LogP contribution in [-0.2, 0) is 18.3 Å². The molecule has 0 fully saturated rings. The zero-order valence-electron chi connectivity index (χ0n) is 15.6. The van der Waals surface area contributed by atoms with Gasteiger partial charge in [-0.1, -0.05) is 60.2 Å². The summed E-state index contributed by atoms with van der Waals surface area (Å²) < 4.78 is 1.81. The summed E-state index contributed by atoms with van der Waals surface area (Å²) in [4.78, 5) is 12.4. The molecule has 0 saturated heterocycles. The summed E-state index contributed by atoms with van der Waals surface area (Å²) in [6, 6.07) is 18.4. The lowest BCUT2D eigenvalue weighted by Crippen LogP contribution is -2.26. The molecule has 26 heavy (non-hydrogen) atoms. The maximum Gasteiger partial charge on any atom is 0.220 e. The first-order valence-corrected chi connectivity index (χ1v) is 8.97. The molecule has 0 bridgehead atoms. The summed E-state index contributed by atoms with van der Waals surface area (Å²) in [7, 11) is 1.92. The molecule has 1 aromatic heterocycles. The predicted octanol–water partition coefficient (Wildman–Crippen LogP) is 4.21. The maximum atomic E-state index is 12.4. The van der Waals surface area contributed by atoms with E-state index in [1.54, 1.807) is 0 Å². The smallest absolute Gasteiger partial charge is 0.220 e. The van der Waals surface area contributed by atoms with E-state index in [2.05, 4.69) is 41.6 Å². The first kappa shape index (κ1) is 17.9. The van der Waals surface area contributed by atoms with Crippen molar-refractivity contribution in [3.05, 3.63) is 77.5 Å². The SMILES string of the molecule is Cc1ccc(-c2nn(C)cc2CCC(=O)N[C@@H](C)c2ccccc2)cc1. The summed E-state index contributed by atoms with van der Waals surface area (Å²) in [5.41, 5.74) is 5.47. The second-order valence-corrected chi connectivity index (χ2v) is 6.74. The molecule has 0 radical (unpaired) electrons. The summed E-state index contributed by atoms with van der Waals surface area (Å²) in [6.45, 7) is 4.08. The van der Waals surface area contributed by atoms with E-state index in [1.807, 2.05) is 55.2 Å². The Bertz CT molecular complexity index is 866. The molecule has 0 unspecified atom stereocenters. The van der Waals surface area contributed by atoms with Crippen LogP contribution in [0.1, 0.15) is 36.1 Å². The fraction of sp³-hybridized carbons (Fsp3) is 0.273. The van der Waals surface area contributed by atoms with Gasteiger partial charge in [0.2, 0.25) is 5.91 Å². The van der Waals surface area contributed by atoms with Crippen molar-refractivity contribution in [2.75, 3.05) is 0 Å². The van der Waals surface area contributed by atoms with Crippen molar-refractivity contribution in [2.24, 2.45) is 7.05 Å². The van der Waals surface area contributed by atoms with Crippen molar-refractivity contribution < 1.29 is 4.79 Å². The van der Waals surface area contributed by atoms with Gasteiger partial charge in [0, 0.05) is 25.2 Å². The highest BCUT2D eigenvalue weighted by Gasteiger charge is 2.13. The molecular formula is C22H25N3O. The molecule has 4 nitrogen and oxygen atoms in total. The summed E-state index contributed by atoms with van der Waals surface area (Å²) in [6.07, 6.45) is 3.12. The maximum absolute atomic E-state index is 12.4. The van der Waals surface area contributed by atoms with Crippen molar-refractivity contribution in [2.45, 2.75) is 32.7 Å². The molecule has 3 rings (SSSR count). The fourth-order valence-electron chi connectivity index (χ4n) is 3.06. The number of hydrogen-bond donors (Lipinski definition) is 1. The van der Waals surface area contributed by atoms with E-state index in [4.69, 9.17) is 0 Å². The van der Waals surface area contributed by atoms with Crippen LogP contribution in [0.4, 0.5) is 0 Å². The van der Waals surface area contributed by atoms with Crippen LogP contribution in [-0.4, -0.2) is 15.7 Å². The van der Waals surface area contributed by atoms with Gasteiger partial charge in [0.25, 0.3) is 0 Å². The van der Waals surface area contributed by atoms with Crippen molar-refractivity contribution in [3.63, 3.8) is 0 Å². The van der Waals surface area contributed by atoms with Gasteiger partial charge in [-0.25, -0.2) is 0 Å². The van der Waals surface area contributed by atoms with E-state index < -0.39 is 0 Å². The minimum atomic E-state index is 0.00849. The lowest BCUT2D eigenvalue weighted by atomic mass is 10.0. The molecule has 0 aliphatic rings. The van der Waals surface area contributed by atoms with Gasteiger partial charge in [-0.3, -0.25) is 9.48 Å². The minimum absolute atomic E-state index is 0.00849. The van der Waals surface area contributed by atoms with Crippen molar-refractivity contribution >= 4 is 5.91 Å². The highest BCUT2D eigenvalue weighted by molar-refractivity contribution is 5.77. The van der Waals surface area contributed by atoms with Crippen molar-refractivity contribution in [3.8, 4) is 11.3 Å². The average molecular weight is 347 g/mol. The lowest BCUT2D eigenvalue weighted by Gasteiger charge is -2.14. The van der Waals surface area contributed by atoms with Gasteiger partial charge >= 0.3 is 0 Å². The molecule has 134 valence electrons. The zero-order valence-corrected chi connectivity index (χ0v) is 15.6.